The molecule has 106 valence electrons. The van der Waals surface area contributed by atoms with Gasteiger partial charge in [0.1, 0.15) is 7.05 Å². The van der Waals surface area contributed by atoms with E-state index in [-0.39, 0.29) is 0 Å². The SMILES string of the molecule is C[n+]1c(-c2ccccc2)c2cc(N)ccc2c2ccccc21. The number of rotatable bonds is 1. The van der Waals surface area contributed by atoms with Crippen LogP contribution in [0.5, 0.6) is 0 Å². The van der Waals surface area contributed by atoms with Crippen LogP contribution in [0.1, 0.15) is 0 Å². The number of para-hydroxylation sites is 1. The van der Waals surface area contributed by atoms with Gasteiger partial charge in [0, 0.05) is 22.7 Å². The predicted molar refractivity (Wildman–Crippen MR) is 92.5 cm³/mol. The highest BCUT2D eigenvalue weighted by molar-refractivity contribution is 6.09. The van der Waals surface area contributed by atoms with E-state index >= 15 is 0 Å². The molecule has 0 spiro atoms. The third-order valence-electron chi connectivity index (χ3n) is 4.24. The number of fused-ring (bicyclic) bond motifs is 3. The molecule has 0 saturated heterocycles. The fraction of sp³-hybridized carbons (Fsp3) is 0.0500. The summed E-state index contributed by atoms with van der Waals surface area (Å²) in [6.07, 6.45) is 0. The summed E-state index contributed by atoms with van der Waals surface area (Å²) in [6.45, 7) is 0. The largest absolute Gasteiger partial charge is 0.399 e. The highest BCUT2D eigenvalue weighted by atomic mass is 14.9. The number of benzene rings is 3. The number of hydrogen-bond donors (Lipinski definition) is 1. The second-order valence-corrected chi connectivity index (χ2v) is 5.60. The molecule has 2 nitrogen and oxygen atoms in total. The van der Waals surface area contributed by atoms with Crippen LogP contribution in [-0.2, 0) is 7.05 Å². The van der Waals surface area contributed by atoms with E-state index in [0.717, 1.165) is 5.69 Å². The quantitative estimate of drug-likeness (QED) is 0.319. The third kappa shape index (κ3) is 1.85. The van der Waals surface area contributed by atoms with Crippen LogP contribution in [0.3, 0.4) is 0 Å². The maximum Gasteiger partial charge on any atom is 0.220 e. The van der Waals surface area contributed by atoms with Crippen LogP contribution in [-0.4, -0.2) is 0 Å². The van der Waals surface area contributed by atoms with Crippen molar-refractivity contribution >= 4 is 27.4 Å². The molecule has 0 fully saturated rings. The number of anilines is 1. The maximum absolute atomic E-state index is 6.06. The Morgan fingerprint density at radius 3 is 2.27 bits per heavy atom. The number of nitrogens with zero attached hydrogens (tertiary/aromatic N) is 1. The van der Waals surface area contributed by atoms with E-state index in [1.807, 2.05) is 12.1 Å². The molecule has 22 heavy (non-hydrogen) atoms. The first kappa shape index (κ1) is 12.8. The summed E-state index contributed by atoms with van der Waals surface area (Å²) < 4.78 is 2.26. The maximum atomic E-state index is 6.06. The van der Waals surface area contributed by atoms with Gasteiger partial charge in [-0.3, -0.25) is 0 Å². The number of pyridine rings is 1. The Morgan fingerprint density at radius 2 is 1.45 bits per heavy atom. The Balaban J connectivity index is 2.26. The minimum atomic E-state index is 0.792. The van der Waals surface area contributed by atoms with Crippen molar-refractivity contribution in [3.05, 3.63) is 72.8 Å². The van der Waals surface area contributed by atoms with Crippen molar-refractivity contribution in [1.82, 2.24) is 0 Å². The molecular formula is C20H17N2+. The molecule has 0 atom stereocenters. The second-order valence-electron chi connectivity index (χ2n) is 5.60. The fourth-order valence-electron chi connectivity index (χ4n) is 3.23. The predicted octanol–water partition coefficient (Wildman–Crippen LogP) is 4.07. The topological polar surface area (TPSA) is 29.9 Å². The number of nitrogen functional groups attached to an aromatic ring is 1. The van der Waals surface area contributed by atoms with E-state index in [2.05, 4.69) is 72.3 Å². The zero-order valence-corrected chi connectivity index (χ0v) is 12.5. The minimum absolute atomic E-state index is 0.792. The van der Waals surface area contributed by atoms with Crippen molar-refractivity contribution in [3.8, 4) is 11.3 Å². The Bertz CT molecular complexity index is 989. The van der Waals surface area contributed by atoms with Gasteiger partial charge in [0.05, 0.1) is 10.8 Å². The first-order chi connectivity index (χ1) is 10.8. The first-order valence-electron chi connectivity index (χ1n) is 7.41. The molecule has 4 rings (SSSR count). The number of aryl methyl sites for hydroxylation is 1. The second kappa shape index (κ2) is 4.85. The Kier molecular flexibility index (Phi) is 2.83. The van der Waals surface area contributed by atoms with Crippen LogP contribution < -0.4 is 10.3 Å². The zero-order valence-electron chi connectivity index (χ0n) is 12.5. The van der Waals surface area contributed by atoms with Gasteiger partial charge in [-0.15, -0.1) is 0 Å². The van der Waals surface area contributed by atoms with Crippen molar-refractivity contribution in [1.29, 1.82) is 0 Å². The average Bonchev–Trinajstić information content (AvgIpc) is 2.56. The standard InChI is InChI=1S/C20H17N2/c1-22-19-10-6-5-9-17(19)16-12-11-15(21)13-18(16)20(22)14-7-3-2-4-8-14/h2-13H,21H2,1H3/q+1. The van der Waals surface area contributed by atoms with Crippen molar-refractivity contribution in [2.24, 2.45) is 7.05 Å². The average molecular weight is 285 g/mol. The van der Waals surface area contributed by atoms with Gasteiger partial charge in [-0.2, -0.15) is 4.57 Å². The summed E-state index contributed by atoms with van der Waals surface area (Å²) in [5.74, 6) is 0. The van der Waals surface area contributed by atoms with Gasteiger partial charge in [0.15, 0.2) is 0 Å². The molecule has 0 aliphatic heterocycles. The molecule has 4 aromatic rings. The Morgan fingerprint density at radius 1 is 0.727 bits per heavy atom. The molecule has 0 aliphatic rings. The third-order valence-corrected chi connectivity index (χ3v) is 4.24. The first-order valence-corrected chi connectivity index (χ1v) is 7.41. The van der Waals surface area contributed by atoms with Crippen LogP contribution in [0.2, 0.25) is 0 Å². The minimum Gasteiger partial charge on any atom is -0.399 e. The highest BCUT2D eigenvalue weighted by Gasteiger charge is 2.19. The lowest BCUT2D eigenvalue weighted by molar-refractivity contribution is -0.632. The molecule has 0 radical (unpaired) electrons. The van der Waals surface area contributed by atoms with Crippen molar-refractivity contribution in [3.63, 3.8) is 0 Å². The monoisotopic (exact) mass is 285 g/mol. The molecule has 0 aliphatic carbocycles. The molecule has 2 N–H and O–H groups in total. The van der Waals surface area contributed by atoms with Gasteiger partial charge in [-0.05, 0) is 30.3 Å². The van der Waals surface area contributed by atoms with E-state index in [1.54, 1.807) is 0 Å². The van der Waals surface area contributed by atoms with Crippen molar-refractivity contribution in [2.75, 3.05) is 5.73 Å². The molecule has 3 aromatic carbocycles. The summed E-state index contributed by atoms with van der Waals surface area (Å²) in [4.78, 5) is 0. The van der Waals surface area contributed by atoms with Crippen LogP contribution >= 0.6 is 0 Å². The van der Waals surface area contributed by atoms with Gasteiger partial charge >= 0.3 is 0 Å². The van der Waals surface area contributed by atoms with Crippen molar-refractivity contribution < 1.29 is 4.57 Å². The normalized spacial score (nSPS) is 11.1. The molecule has 2 heteroatoms. The number of hydrogen-bond acceptors (Lipinski definition) is 1. The van der Waals surface area contributed by atoms with E-state index in [0.29, 0.717) is 0 Å². The molecule has 0 unspecified atom stereocenters. The van der Waals surface area contributed by atoms with E-state index in [4.69, 9.17) is 5.73 Å². The van der Waals surface area contributed by atoms with Crippen molar-refractivity contribution in [2.45, 2.75) is 0 Å². The Hall–Kier alpha value is -2.87. The zero-order chi connectivity index (χ0) is 15.1. The Labute approximate surface area is 129 Å². The van der Waals surface area contributed by atoms with E-state index in [1.165, 1.54) is 32.9 Å². The summed E-state index contributed by atoms with van der Waals surface area (Å²) in [5, 5.41) is 3.67. The van der Waals surface area contributed by atoms with Gasteiger partial charge < -0.3 is 5.73 Å². The van der Waals surface area contributed by atoms with E-state index in [9.17, 15) is 0 Å². The smallest absolute Gasteiger partial charge is 0.220 e. The van der Waals surface area contributed by atoms with Gasteiger partial charge in [0.2, 0.25) is 11.2 Å². The lowest BCUT2D eigenvalue weighted by atomic mass is 9.99. The van der Waals surface area contributed by atoms with Gasteiger partial charge in [0.25, 0.3) is 0 Å². The van der Waals surface area contributed by atoms with Crippen LogP contribution in [0.25, 0.3) is 32.9 Å². The van der Waals surface area contributed by atoms with Crippen LogP contribution in [0.15, 0.2) is 72.8 Å². The van der Waals surface area contributed by atoms with Crippen LogP contribution in [0, 0.1) is 0 Å². The molecule has 0 amide bonds. The summed E-state index contributed by atoms with van der Waals surface area (Å²) in [7, 11) is 2.12. The summed E-state index contributed by atoms with van der Waals surface area (Å²) in [5.41, 5.74) is 10.5. The lowest BCUT2D eigenvalue weighted by Gasteiger charge is -2.10. The molecule has 1 heterocycles. The molecular weight excluding hydrogens is 268 g/mol. The van der Waals surface area contributed by atoms with Gasteiger partial charge in [-0.25, -0.2) is 0 Å². The molecule has 0 bridgehead atoms. The number of aromatic nitrogens is 1. The molecule has 0 saturated carbocycles. The lowest BCUT2D eigenvalue weighted by Crippen LogP contribution is -2.32. The summed E-state index contributed by atoms with van der Waals surface area (Å²) in [6, 6.07) is 25.2. The fourth-order valence-corrected chi connectivity index (χ4v) is 3.23. The number of nitrogens with two attached hydrogens (primary N) is 1. The van der Waals surface area contributed by atoms with E-state index < -0.39 is 0 Å². The molecule has 1 aromatic heterocycles. The van der Waals surface area contributed by atoms with Crippen LogP contribution in [0.4, 0.5) is 5.69 Å². The highest BCUT2D eigenvalue weighted by Crippen LogP contribution is 2.31. The summed E-state index contributed by atoms with van der Waals surface area (Å²) >= 11 is 0. The van der Waals surface area contributed by atoms with Gasteiger partial charge in [-0.1, -0.05) is 36.4 Å².